The number of aliphatic hydroxyl groups is 1. The van der Waals surface area contributed by atoms with Gasteiger partial charge < -0.3 is 24.6 Å². The molecule has 0 unspecified atom stereocenters. The van der Waals surface area contributed by atoms with Crippen LogP contribution in [0.25, 0.3) is 0 Å². The number of amides is 1. The van der Waals surface area contributed by atoms with Crippen LogP contribution in [-0.4, -0.2) is 68.2 Å². The number of hydrogen-bond acceptors (Lipinski definition) is 8. The lowest BCUT2D eigenvalue weighted by Crippen LogP contribution is -2.42. The number of nitrogens with one attached hydrogen (secondary N) is 1. The third-order valence-electron chi connectivity index (χ3n) is 5.37. The van der Waals surface area contributed by atoms with Crippen LogP contribution in [-0.2, 0) is 30.9 Å². The molecular formula is C22H23FN2O8S. The molecule has 2 heterocycles. The fraction of sp³-hybridized carbons (Fsp3) is 0.364. The lowest BCUT2D eigenvalue weighted by Gasteiger charge is -2.24. The smallest absolute Gasteiger partial charge is 0.325 e. The molecule has 1 amide bonds. The van der Waals surface area contributed by atoms with Gasteiger partial charge in [-0.25, -0.2) is 12.8 Å². The minimum absolute atomic E-state index is 0.101. The van der Waals surface area contributed by atoms with Crippen LogP contribution in [0.5, 0.6) is 11.5 Å². The maximum Gasteiger partial charge on any atom is 0.325 e. The van der Waals surface area contributed by atoms with Gasteiger partial charge in [0.1, 0.15) is 25.1 Å². The van der Waals surface area contributed by atoms with Gasteiger partial charge in [-0.1, -0.05) is 12.1 Å². The van der Waals surface area contributed by atoms with Crippen LogP contribution in [0.4, 0.5) is 4.39 Å². The van der Waals surface area contributed by atoms with Gasteiger partial charge in [-0.3, -0.25) is 9.59 Å². The van der Waals surface area contributed by atoms with E-state index in [1.165, 1.54) is 42.5 Å². The summed E-state index contributed by atoms with van der Waals surface area (Å²) in [5, 5.41) is 12.6. The van der Waals surface area contributed by atoms with Gasteiger partial charge in [-0.15, -0.1) is 0 Å². The maximum atomic E-state index is 13.2. The Hall–Kier alpha value is -3.22. The lowest BCUT2D eigenvalue weighted by molar-refractivity contribution is -0.151. The molecular weight excluding hydrogens is 471 g/mol. The van der Waals surface area contributed by atoms with Gasteiger partial charge in [0, 0.05) is 25.6 Å². The van der Waals surface area contributed by atoms with E-state index in [2.05, 4.69) is 5.32 Å². The first-order valence-corrected chi connectivity index (χ1v) is 12.0. The van der Waals surface area contributed by atoms with Crippen molar-refractivity contribution < 1.29 is 41.7 Å². The average Bonchev–Trinajstić information content (AvgIpc) is 3.24. The SMILES string of the molecule is O=C(COC(=O)[C@H]1C[C@@H](O)CN1S(=O)(=O)c1ccc2c(c1)OCCO2)NCc1ccc(F)cc1. The van der Waals surface area contributed by atoms with Crippen LogP contribution in [0, 0.1) is 5.82 Å². The Labute approximate surface area is 195 Å². The van der Waals surface area contributed by atoms with E-state index in [0.717, 1.165) is 4.31 Å². The zero-order chi connectivity index (χ0) is 24.3. The Morgan fingerprint density at radius 3 is 2.56 bits per heavy atom. The number of benzene rings is 2. The summed E-state index contributed by atoms with van der Waals surface area (Å²) < 4.78 is 56.1. The molecule has 0 aromatic heterocycles. The van der Waals surface area contributed by atoms with Crippen LogP contribution in [0.2, 0.25) is 0 Å². The van der Waals surface area contributed by atoms with Crippen molar-refractivity contribution in [1.29, 1.82) is 0 Å². The Morgan fingerprint density at radius 2 is 1.82 bits per heavy atom. The van der Waals surface area contributed by atoms with Gasteiger partial charge >= 0.3 is 5.97 Å². The molecule has 0 bridgehead atoms. The predicted octanol–water partition coefficient (Wildman–Crippen LogP) is 0.580. The minimum atomic E-state index is -4.18. The molecule has 2 atom stereocenters. The molecule has 1 fully saturated rings. The Kier molecular flexibility index (Phi) is 7.00. The standard InChI is InChI=1S/C22H23FN2O8S/c23-15-3-1-14(2-4-15)11-24-21(27)13-33-22(28)18-9-16(26)12-25(18)34(29,30)17-5-6-19-20(10-17)32-8-7-31-19/h1-6,10,16,18,26H,7-9,11-13H2,(H,24,27)/t16-,18-/m1/s1. The van der Waals surface area contributed by atoms with Gasteiger partial charge in [0.25, 0.3) is 5.91 Å². The summed E-state index contributed by atoms with van der Waals surface area (Å²) in [7, 11) is -4.18. The molecule has 1 saturated heterocycles. The van der Waals surface area contributed by atoms with Crippen molar-refractivity contribution in [2.45, 2.75) is 30.0 Å². The maximum absolute atomic E-state index is 13.2. The van der Waals surface area contributed by atoms with Crippen LogP contribution in [0.3, 0.4) is 0 Å². The van der Waals surface area contributed by atoms with E-state index in [0.29, 0.717) is 17.9 Å². The van der Waals surface area contributed by atoms with Crippen molar-refractivity contribution in [2.24, 2.45) is 0 Å². The van der Waals surface area contributed by atoms with Gasteiger partial charge in [0.05, 0.1) is 11.0 Å². The van der Waals surface area contributed by atoms with Crippen LogP contribution >= 0.6 is 0 Å². The summed E-state index contributed by atoms with van der Waals surface area (Å²) in [6.07, 6.45) is -1.24. The second-order valence-corrected chi connectivity index (χ2v) is 9.69. The first-order chi connectivity index (χ1) is 16.2. The predicted molar refractivity (Wildman–Crippen MR) is 115 cm³/mol. The molecule has 182 valence electrons. The van der Waals surface area contributed by atoms with Crippen LogP contribution < -0.4 is 14.8 Å². The summed E-state index contributed by atoms with van der Waals surface area (Å²) in [6, 6.07) is 8.32. The van der Waals surface area contributed by atoms with Gasteiger partial charge in [-0.2, -0.15) is 4.31 Å². The highest BCUT2D eigenvalue weighted by Crippen LogP contribution is 2.35. The lowest BCUT2D eigenvalue weighted by atomic mass is 10.2. The number of sulfonamides is 1. The van der Waals surface area contributed by atoms with E-state index in [4.69, 9.17) is 14.2 Å². The number of ether oxygens (including phenoxy) is 3. The van der Waals surface area contributed by atoms with E-state index in [9.17, 15) is 27.5 Å². The highest BCUT2D eigenvalue weighted by Gasteiger charge is 2.44. The molecule has 2 aliphatic rings. The number of β-amino-alcohol motifs (C(OH)–C–C–N with tert-alkyl or cyclic N) is 1. The Morgan fingerprint density at radius 1 is 1.12 bits per heavy atom. The summed E-state index contributed by atoms with van der Waals surface area (Å²) in [5.74, 6) is -1.29. The van der Waals surface area contributed by atoms with E-state index in [-0.39, 0.29) is 36.8 Å². The largest absolute Gasteiger partial charge is 0.486 e. The summed E-state index contributed by atoms with van der Waals surface area (Å²) in [4.78, 5) is 24.5. The number of nitrogens with zero attached hydrogens (tertiary/aromatic N) is 1. The number of carbonyl (C=O) groups excluding carboxylic acids is 2. The number of hydrogen-bond donors (Lipinski definition) is 2. The third-order valence-corrected chi connectivity index (χ3v) is 7.25. The molecule has 10 nitrogen and oxygen atoms in total. The first-order valence-electron chi connectivity index (χ1n) is 10.5. The quantitative estimate of drug-likeness (QED) is 0.535. The monoisotopic (exact) mass is 494 g/mol. The minimum Gasteiger partial charge on any atom is -0.486 e. The van der Waals surface area contributed by atoms with E-state index in [1.807, 2.05) is 0 Å². The first kappa shape index (κ1) is 23.9. The number of rotatable bonds is 7. The molecule has 12 heteroatoms. The second kappa shape index (κ2) is 9.95. The van der Waals surface area contributed by atoms with Crippen LogP contribution in [0.15, 0.2) is 47.4 Å². The number of esters is 1. The van der Waals surface area contributed by atoms with Gasteiger partial charge in [0.2, 0.25) is 10.0 Å². The fourth-order valence-electron chi connectivity index (χ4n) is 3.67. The number of halogens is 1. The highest BCUT2D eigenvalue weighted by atomic mass is 32.2. The zero-order valence-corrected chi connectivity index (χ0v) is 18.8. The summed E-state index contributed by atoms with van der Waals surface area (Å²) >= 11 is 0. The van der Waals surface area contributed by atoms with E-state index < -0.39 is 46.5 Å². The molecule has 4 rings (SSSR count). The molecule has 0 aliphatic carbocycles. The molecule has 0 radical (unpaired) electrons. The summed E-state index contributed by atoms with van der Waals surface area (Å²) in [6.45, 7) is -0.207. The normalized spacial score (nSPS) is 20.1. The van der Waals surface area contributed by atoms with Crippen molar-refractivity contribution in [3.05, 3.63) is 53.8 Å². The highest BCUT2D eigenvalue weighted by molar-refractivity contribution is 7.89. The van der Waals surface area contributed by atoms with Crippen molar-refractivity contribution in [3.8, 4) is 11.5 Å². The Bertz CT molecular complexity index is 1170. The zero-order valence-electron chi connectivity index (χ0n) is 18.0. The molecule has 2 aromatic rings. The topological polar surface area (TPSA) is 131 Å². The van der Waals surface area contributed by atoms with Crippen molar-refractivity contribution >= 4 is 21.9 Å². The second-order valence-electron chi connectivity index (χ2n) is 7.80. The molecule has 2 N–H and O–H groups in total. The number of fused-ring (bicyclic) bond motifs is 1. The fourth-order valence-corrected chi connectivity index (χ4v) is 5.31. The molecule has 0 spiro atoms. The number of carbonyl (C=O) groups is 2. The van der Waals surface area contributed by atoms with Gasteiger partial charge in [0.15, 0.2) is 18.1 Å². The van der Waals surface area contributed by atoms with Crippen LogP contribution in [0.1, 0.15) is 12.0 Å². The van der Waals surface area contributed by atoms with E-state index >= 15 is 0 Å². The Balaban J connectivity index is 1.38. The van der Waals surface area contributed by atoms with E-state index in [1.54, 1.807) is 0 Å². The number of aliphatic hydroxyl groups excluding tert-OH is 1. The molecule has 0 saturated carbocycles. The third kappa shape index (κ3) is 5.29. The average molecular weight is 494 g/mol. The van der Waals surface area contributed by atoms with Crippen molar-refractivity contribution in [1.82, 2.24) is 9.62 Å². The molecule has 2 aromatic carbocycles. The molecule has 2 aliphatic heterocycles. The van der Waals surface area contributed by atoms with Crippen molar-refractivity contribution in [3.63, 3.8) is 0 Å². The molecule has 34 heavy (non-hydrogen) atoms. The summed E-state index contributed by atoms with van der Waals surface area (Å²) in [5.41, 5.74) is 0.650. The van der Waals surface area contributed by atoms with Gasteiger partial charge in [-0.05, 0) is 29.8 Å². The van der Waals surface area contributed by atoms with Crippen molar-refractivity contribution in [2.75, 3.05) is 26.4 Å².